The Balaban J connectivity index is 1.55. The van der Waals surface area contributed by atoms with Crippen molar-refractivity contribution in [2.45, 2.75) is 144 Å². The van der Waals surface area contributed by atoms with Gasteiger partial charge in [-0.05, 0) is 99.5 Å². The predicted molar refractivity (Wildman–Crippen MR) is 260 cm³/mol. The lowest BCUT2D eigenvalue weighted by atomic mass is 9.79. The van der Waals surface area contributed by atoms with Gasteiger partial charge in [0.25, 0.3) is 0 Å². The smallest absolute Gasteiger partial charge is 0.126 e. The van der Waals surface area contributed by atoms with Crippen LogP contribution in [0.2, 0.25) is 0 Å². The molecule has 0 atom stereocenters. The molecule has 336 valence electrons. The molecule has 0 spiro atoms. The highest BCUT2D eigenvalue weighted by Crippen LogP contribution is 2.44. The molecule has 5 aromatic carbocycles. The van der Waals surface area contributed by atoms with Crippen LogP contribution in [0.3, 0.4) is 0 Å². The Hall–Kier alpha value is -4.30. The van der Waals surface area contributed by atoms with Crippen molar-refractivity contribution in [1.82, 2.24) is 0 Å². The van der Waals surface area contributed by atoms with Gasteiger partial charge in [-0.1, -0.05) is 166 Å². The first-order valence-corrected chi connectivity index (χ1v) is 23.5. The Labute approximate surface area is 385 Å². The van der Waals surface area contributed by atoms with Crippen molar-refractivity contribution in [2.24, 2.45) is 0 Å². The molecular formula is C56H69BrO6. The number of aromatic hydroxyl groups is 2. The number of hydrogen-bond donors (Lipinski definition) is 2. The first kappa shape index (κ1) is 46.7. The molecule has 2 heterocycles. The molecule has 6 nitrogen and oxygen atoms in total. The highest BCUT2D eigenvalue weighted by atomic mass is 79.9. The van der Waals surface area contributed by atoms with E-state index in [9.17, 15) is 10.2 Å². The van der Waals surface area contributed by atoms with Crippen LogP contribution in [0.5, 0.6) is 23.0 Å². The van der Waals surface area contributed by atoms with Crippen LogP contribution in [0.1, 0.15) is 161 Å². The molecule has 2 aliphatic heterocycles. The summed E-state index contributed by atoms with van der Waals surface area (Å²) in [5, 5.41) is 25.1. The lowest BCUT2D eigenvalue weighted by Gasteiger charge is -2.28. The Morgan fingerprint density at radius 2 is 0.667 bits per heavy atom. The number of benzene rings is 5. The fourth-order valence-electron chi connectivity index (χ4n) is 8.64. The van der Waals surface area contributed by atoms with Crippen molar-refractivity contribution in [3.05, 3.63) is 149 Å². The van der Waals surface area contributed by atoms with Gasteiger partial charge in [0, 0.05) is 30.2 Å². The third-order valence-electron chi connectivity index (χ3n) is 12.6. The van der Waals surface area contributed by atoms with Crippen LogP contribution in [0, 0.1) is 0 Å². The zero-order chi connectivity index (χ0) is 45.6. The normalized spacial score (nSPS) is 15.6. The first-order valence-electron chi connectivity index (χ1n) is 22.7. The standard InChI is InChI=1S/C56H69BrO6/c1-53(2,3)44-24-36-20-40-28-46(55(7,8)9)30-42-22-38-26-45(54(4,5)6)27-39(50(38)59)23-43-31-47(56(10,11)12)29-41(21-37(25-44)49(36)58)52(43)63-19-17-61-33-35-15-13-14-34(48(35)57)32-60-16-18-62-51(40)42/h13-15,24-31,58-59H,16-23,32-33H2,1-12H3. The van der Waals surface area contributed by atoms with Gasteiger partial charge in [0.1, 0.15) is 36.2 Å². The van der Waals surface area contributed by atoms with Gasteiger partial charge in [-0.2, -0.15) is 0 Å². The quantitative estimate of drug-likeness (QED) is 0.158. The average molecular weight is 918 g/mol. The van der Waals surface area contributed by atoms with Crippen molar-refractivity contribution in [3.63, 3.8) is 0 Å². The molecule has 0 unspecified atom stereocenters. The molecule has 2 N–H and O–H groups in total. The third kappa shape index (κ3) is 10.6. The molecule has 0 radical (unpaired) electrons. The minimum Gasteiger partial charge on any atom is -0.507 e. The lowest BCUT2D eigenvalue weighted by Crippen LogP contribution is -2.17. The van der Waals surface area contributed by atoms with Gasteiger partial charge in [-0.3, -0.25) is 0 Å². The summed E-state index contributed by atoms with van der Waals surface area (Å²) in [5.74, 6) is 2.11. The van der Waals surface area contributed by atoms with E-state index in [1.54, 1.807) is 0 Å². The van der Waals surface area contributed by atoms with Crippen LogP contribution < -0.4 is 9.47 Å². The number of fused-ring (bicyclic) bond motifs is 8. The van der Waals surface area contributed by atoms with Crippen LogP contribution in [0.4, 0.5) is 0 Å². The Morgan fingerprint density at radius 3 is 0.937 bits per heavy atom. The molecule has 0 saturated carbocycles. The predicted octanol–water partition coefficient (Wildman–Crippen LogP) is 13.2. The van der Waals surface area contributed by atoms with Crippen LogP contribution in [-0.2, 0) is 70.0 Å². The molecule has 3 aliphatic rings. The SMILES string of the molecule is CC(C)(C)c1cc2c(O)c(c1)Cc1cc(C(C)(C)C)cc3c1OCCOCc1cccc(c1Br)COCCOc1c(cc(C(C)(C)C)cc1Cc1cc(C(C)(C)C)cc(c1O)C3)C2. The van der Waals surface area contributed by atoms with Crippen LogP contribution in [0.15, 0.2) is 71.2 Å². The minimum absolute atomic E-state index is 0.188. The van der Waals surface area contributed by atoms with Crippen LogP contribution >= 0.6 is 15.9 Å². The summed E-state index contributed by atoms with van der Waals surface area (Å²) in [6.07, 6.45) is 1.79. The van der Waals surface area contributed by atoms with Crippen LogP contribution in [-0.4, -0.2) is 36.6 Å². The molecule has 0 aromatic heterocycles. The van der Waals surface area contributed by atoms with Crippen LogP contribution in [0.25, 0.3) is 0 Å². The van der Waals surface area contributed by atoms with E-state index in [4.69, 9.17) is 18.9 Å². The maximum absolute atomic E-state index is 12.6. The molecule has 0 amide bonds. The molecule has 0 fully saturated rings. The molecule has 8 rings (SSSR count). The fourth-order valence-corrected chi connectivity index (χ4v) is 9.14. The lowest BCUT2D eigenvalue weighted by molar-refractivity contribution is 0.0847. The van der Waals surface area contributed by atoms with Crippen molar-refractivity contribution < 1.29 is 29.2 Å². The largest absolute Gasteiger partial charge is 0.507 e. The first-order chi connectivity index (χ1) is 29.5. The van der Waals surface area contributed by atoms with Gasteiger partial charge in [-0.15, -0.1) is 0 Å². The second-order valence-corrected chi connectivity index (χ2v) is 22.7. The zero-order valence-electron chi connectivity index (χ0n) is 39.8. The second kappa shape index (κ2) is 17.9. The Morgan fingerprint density at radius 1 is 0.397 bits per heavy atom. The summed E-state index contributed by atoms with van der Waals surface area (Å²) in [7, 11) is 0. The summed E-state index contributed by atoms with van der Waals surface area (Å²) in [4.78, 5) is 0. The number of phenols is 2. The maximum atomic E-state index is 12.6. The molecule has 12 bridgehead atoms. The monoisotopic (exact) mass is 916 g/mol. The molecule has 7 heteroatoms. The van der Waals surface area contributed by atoms with E-state index in [0.29, 0.717) is 65.3 Å². The number of halogens is 1. The summed E-state index contributed by atoms with van der Waals surface area (Å²) < 4.78 is 27.4. The van der Waals surface area contributed by atoms with Gasteiger partial charge < -0.3 is 29.2 Å². The Kier molecular flexibility index (Phi) is 13.3. The molecular weight excluding hydrogens is 849 g/mol. The van der Waals surface area contributed by atoms with E-state index in [2.05, 4.69) is 160 Å². The van der Waals surface area contributed by atoms with Crippen molar-refractivity contribution in [3.8, 4) is 23.0 Å². The van der Waals surface area contributed by atoms with Gasteiger partial charge in [-0.25, -0.2) is 0 Å². The number of ether oxygens (including phenoxy) is 4. The van der Waals surface area contributed by atoms with E-state index < -0.39 is 0 Å². The highest BCUT2D eigenvalue weighted by molar-refractivity contribution is 9.10. The van der Waals surface area contributed by atoms with Gasteiger partial charge in [0.15, 0.2) is 0 Å². The van der Waals surface area contributed by atoms with E-state index in [0.717, 1.165) is 93.9 Å². The number of rotatable bonds is 0. The zero-order valence-corrected chi connectivity index (χ0v) is 41.4. The van der Waals surface area contributed by atoms with Crippen molar-refractivity contribution >= 4 is 15.9 Å². The summed E-state index contributed by atoms with van der Waals surface area (Å²) in [6, 6.07) is 23.9. The third-order valence-corrected chi connectivity index (χ3v) is 13.6. The second-order valence-electron chi connectivity index (χ2n) is 21.9. The molecule has 63 heavy (non-hydrogen) atoms. The van der Waals surface area contributed by atoms with Gasteiger partial charge >= 0.3 is 0 Å². The van der Waals surface area contributed by atoms with Gasteiger partial charge in [0.2, 0.25) is 0 Å². The van der Waals surface area contributed by atoms with E-state index >= 15 is 0 Å². The average Bonchev–Trinajstić information content (AvgIpc) is 3.17. The van der Waals surface area contributed by atoms with E-state index in [1.807, 2.05) is 6.07 Å². The number of phenolic OH excluding ortho intramolecular Hbond substituents is 2. The number of hydrogen-bond acceptors (Lipinski definition) is 6. The Bertz CT molecular complexity index is 2220. The van der Waals surface area contributed by atoms with Crippen molar-refractivity contribution in [2.75, 3.05) is 26.4 Å². The minimum atomic E-state index is -0.189. The maximum Gasteiger partial charge on any atom is 0.126 e. The fraction of sp³-hybridized carbons (Fsp3) is 0.464. The topological polar surface area (TPSA) is 77.4 Å². The summed E-state index contributed by atoms with van der Waals surface area (Å²) in [6.45, 7) is 29.0. The van der Waals surface area contributed by atoms with E-state index in [-0.39, 0.29) is 33.2 Å². The molecule has 5 aromatic rings. The van der Waals surface area contributed by atoms with Crippen molar-refractivity contribution in [1.29, 1.82) is 0 Å². The summed E-state index contributed by atoms with van der Waals surface area (Å²) >= 11 is 3.84. The van der Waals surface area contributed by atoms with Gasteiger partial charge in [0.05, 0.1) is 26.4 Å². The van der Waals surface area contributed by atoms with E-state index in [1.165, 1.54) is 0 Å². The molecule has 0 saturated heterocycles. The molecule has 1 aliphatic carbocycles. The summed E-state index contributed by atoms with van der Waals surface area (Å²) in [5.41, 5.74) is 13.3. The highest BCUT2D eigenvalue weighted by Gasteiger charge is 2.29.